The van der Waals surface area contributed by atoms with Crippen LogP contribution in [0.1, 0.15) is 49.8 Å². The SMILES string of the molecule is CC(C)c1c(-c2cnn(C3CCS(O)(O)CC3)c2)nc2c(C#N)c[nH]n2c1=O. The molecule has 0 bridgehead atoms. The molecule has 0 saturated carbocycles. The van der Waals surface area contributed by atoms with Crippen LogP contribution in [0.15, 0.2) is 23.4 Å². The van der Waals surface area contributed by atoms with Gasteiger partial charge in [-0.1, -0.05) is 13.8 Å². The Hall–Kier alpha value is -2.61. The van der Waals surface area contributed by atoms with E-state index in [9.17, 15) is 19.2 Å². The molecule has 1 fully saturated rings. The Kier molecular flexibility index (Phi) is 4.53. The zero-order chi connectivity index (χ0) is 20.1. The Morgan fingerprint density at radius 2 is 2.07 bits per heavy atom. The molecule has 28 heavy (non-hydrogen) atoms. The normalized spacial score (nSPS) is 18.4. The van der Waals surface area contributed by atoms with E-state index in [0.717, 1.165) is 0 Å². The summed E-state index contributed by atoms with van der Waals surface area (Å²) in [5, 5.41) is 16.5. The Balaban J connectivity index is 1.79. The molecule has 1 aliphatic rings. The third-order valence-electron chi connectivity index (χ3n) is 5.20. The van der Waals surface area contributed by atoms with E-state index in [4.69, 9.17) is 0 Å². The first kappa shape index (κ1) is 18.7. The largest absolute Gasteiger partial charge is 0.299 e. The van der Waals surface area contributed by atoms with Crippen LogP contribution in [0.5, 0.6) is 0 Å². The lowest BCUT2D eigenvalue weighted by molar-refractivity contribution is 0.388. The summed E-state index contributed by atoms with van der Waals surface area (Å²) in [5.41, 5.74) is 2.18. The molecule has 0 aliphatic carbocycles. The maximum absolute atomic E-state index is 13.0. The second-order valence-corrected chi connectivity index (χ2v) is 9.86. The van der Waals surface area contributed by atoms with E-state index >= 15 is 0 Å². The van der Waals surface area contributed by atoms with Crippen molar-refractivity contribution >= 4 is 16.2 Å². The van der Waals surface area contributed by atoms with Crippen molar-refractivity contribution < 1.29 is 9.11 Å². The van der Waals surface area contributed by atoms with Crippen LogP contribution in [-0.2, 0) is 0 Å². The van der Waals surface area contributed by atoms with Crippen molar-refractivity contribution in [3.63, 3.8) is 0 Å². The minimum atomic E-state index is -2.45. The number of nitrogens with one attached hydrogen (secondary N) is 1. The lowest BCUT2D eigenvalue weighted by Crippen LogP contribution is -2.23. The summed E-state index contributed by atoms with van der Waals surface area (Å²) >= 11 is 0. The number of H-pyrrole nitrogens is 1. The topological polar surface area (TPSA) is 132 Å². The molecule has 10 heteroatoms. The molecular weight excluding hydrogens is 380 g/mol. The second-order valence-electron chi connectivity index (χ2n) is 7.44. The van der Waals surface area contributed by atoms with Crippen molar-refractivity contribution in [1.29, 1.82) is 5.26 Å². The zero-order valence-electron chi connectivity index (χ0n) is 15.7. The van der Waals surface area contributed by atoms with Crippen molar-refractivity contribution in [3.8, 4) is 17.3 Å². The van der Waals surface area contributed by atoms with Gasteiger partial charge in [-0.15, -0.1) is 0 Å². The summed E-state index contributed by atoms with van der Waals surface area (Å²) in [7, 11) is -2.45. The molecule has 1 aliphatic heterocycles. The number of hydrogen-bond donors (Lipinski definition) is 3. The highest BCUT2D eigenvalue weighted by atomic mass is 32.3. The van der Waals surface area contributed by atoms with Gasteiger partial charge in [0.15, 0.2) is 5.65 Å². The van der Waals surface area contributed by atoms with Crippen LogP contribution in [0.25, 0.3) is 16.9 Å². The third-order valence-corrected chi connectivity index (χ3v) is 6.98. The molecule has 9 nitrogen and oxygen atoms in total. The molecule has 3 aromatic rings. The molecule has 0 amide bonds. The van der Waals surface area contributed by atoms with Gasteiger partial charge in [-0.2, -0.15) is 21.0 Å². The first-order valence-electron chi connectivity index (χ1n) is 9.13. The van der Waals surface area contributed by atoms with E-state index in [2.05, 4.69) is 15.2 Å². The molecule has 0 radical (unpaired) electrons. The van der Waals surface area contributed by atoms with E-state index in [-0.39, 0.29) is 17.5 Å². The molecular formula is C18H22N6O3S. The van der Waals surface area contributed by atoms with Gasteiger partial charge in [0, 0.05) is 35.0 Å². The minimum absolute atomic E-state index is 0.0632. The van der Waals surface area contributed by atoms with Gasteiger partial charge in [0.1, 0.15) is 11.6 Å². The summed E-state index contributed by atoms with van der Waals surface area (Å²) < 4.78 is 22.7. The van der Waals surface area contributed by atoms with E-state index < -0.39 is 10.6 Å². The zero-order valence-corrected chi connectivity index (χ0v) is 16.5. The smallest absolute Gasteiger partial charge is 0.276 e. The Morgan fingerprint density at radius 3 is 2.71 bits per heavy atom. The molecule has 3 N–H and O–H groups in total. The number of aromatic amines is 1. The molecule has 148 valence electrons. The Bertz CT molecular complexity index is 1130. The van der Waals surface area contributed by atoms with Gasteiger partial charge in [-0.3, -0.25) is 23.7 Å². The van der Waals surface area contributed by atoms with Crippen LogP contribution in [0, 0.1) is 11.3 Å². The molecule has 1 saturated heterocycles. The maximum atomic E-state index is 13.0. The predicted octanol–water partition coefficient (Wildman–Crippen LogP) is 2.97. The van der Waals surface area contributed by atoms with Crippen molar-refractivity contribution in [2.75, 3.05) is 11.5 Å². The van der Waals surface area contributed by atoms with Gasteiger partial charge < -0.3 is 0 Å². The van der Waals surface area contributed by atoms with Gasteiger partial charge >= 0.3 is 0 Å². The fourth-order valence-corrected chi connectivity index (χ4v) is 5.17. The number of rotatable bonds is 3. The maximum Gasteiger partial charge on any atom is 0.276 e. The van der Waals surface area contributed by atoms with Gasteiger partial charge in [-0.05, 0) is 18.8 Å². The second kappa shape index (κ2) is 6.77. The van der Waals surface area contributed by atoms with E-state index in [1.807, 2.05) is 30.8 Å². The quantitative estimate of drug-likeness (QED) is 0.617. The average molecular weight is 402 g/mol. The molecule has 3 aromatic heterocycles. The van der Waals surface area contributed by atoms with Crippen LogP contribution in [0.2, 0.25) is 0 Å². The number of fused-ring (bicyclic) bond motifs is 1. The van der Waals surface area contributed by atoms with E-state index in [1.54, 1.807) is 6.20 Å². The highest BCUT2D eigenvalue weighted by Gasteiger charge is 2.27. The van der Waals surface area contributed by atoms with Gasteiger partial charge in [0.05, 0.1) is 17.9 Å². The Labute approximate surface area is 163 Å². The van der Waals surface area contributed by atoms with Crippen LogP contribution in [0.3, 0.4) is 0 Å². The third kappa shape index (κ3) is 3.11. The monoisotopic (exact) mass is 402 g/mol. The fraction of sp³-hybridized carbons (Fsp3) is 0.444. The number of aromatic nitrogens is 5. The van der Waals surface area contributed by atoms with Crippen molar-refractivity contribution in [1.82, 2.24) is 24.4 Å². The highest BCUT2D eigenvalue weighted by molar-refractivity contribution is 8.24. The highest BCUT2D eigenvalue weighted by Crippen LogP contribution is 2.46. The van der Waals surface area contributed by atoms with Crippen molar-refractivity contribution in [2.45, 2.75) is 38.6 Å². The molecule has 0 unspecified atom stereocenters. The molecule has 4 heterocycles. The number of nitrogens with zero attached hydrogens (tertiary/aromatic N) is 5. The summed E-state index contributed by atoms with van der Waals surface area (Å²) in [6, 6.07) is 2.14. The molecule has 4 rings (SSSR count). The molecule has 0 aromatic carbocycles. The van der Waals surface area contributed by atoms with Crippen LogP contribution in [0.4, 0.5) is 0 Å². The summed E-state index contributed by atoms with van der Waals surface area (Å²) in [6.07, 6.45) is 6.29. The Morgan fingerprint density at radius 1 is 1.36 bits per heavy atom. The van der Waals surface area contributed by atoms with Crippen molar-refractivity contribution in [3.05, 3.63) is 40.1 Å². The first-order valence-corrected chi connectivity index (χ1v) is 11.0. The first-order chi connectivity index (χ1) is 13.3. The van der Waals surface area contributed by atoms with Crippen LogP contribution in [-0.4, -0.2) is 45.0 Å². The van der Waals surface area contributed by atoms with Gasteiger partial charge in [-0.25, -0.2) is 9.50 Å². The summed E-state index contributed by atoms with van der Waals surface area (Å²) in [5.74, 6) is 0.696. The average Bonchev–Trinajstić information content (AvgIpc) is 3.28. The number of hydrogen-bond acceptors (Lipinski definition) is 6. The van der Waals surface area contributed by atoms with Crippen LogP contribution >= 0.6 is 10.6 Å². The van der Waals surface area contributed by atoms with E-state index in [1.165, 1.54) is 10.7 Å². The predicted molar refractivity (Wildman–Crippen MR) is 107 cm³/mol. The van der Waals surface area contributed by atoms with Crippen molar-refractivity contribution in [2.24, 2.45) is 0 Å². The lowest BCUT2D eigenvalue weighted by Gasteiger charge is -2.39. The standard InChI is InChI=1S/C18H22N6O3S/c1-11(2)15-16(22-17-12(7-19)8-21-24(17)18(15)25)13-9-20-23(10-13)14-3-5-28(26,27)6-4-14/h8-11,14,21,26-27H,3-6H2,1-2H3. The lowest BCUT2D eigenvalue weighted by atomic mass is 10.00. The van der Waals surface area contributed by atoms with E-state index in [0.29, 0.717) is 52.4 Å². The molecule has 0 atom stereocenters. The molecule has 0 spiro atoms. The van der Waals surface area contributed by atoms with Gasteiger partial charge in [0.25, 0.3) is 5.56 Å². The number of nitriles is 1. The summed E-state index contributed by atoms with van der Waals surface area (Å²) in [4.78, 5) is 17.6. The fourth-order valence-electron chi connectivity index (χ4n) is 3.67. The van der Waals surface area contributed by atoms with Crippen LogP contribution < -0.4 is 5.56 Å². The summed E-state index contributed by atoms with van der Waals surface area (Å²) in [6.45, 7) is 3.86. The minimum Gasteiger partial charge on any atom is -0.299 e. The van der Waals surface area contributed by atoms with Gasteiger partial charge in [0.2, 0.25) is 0 Å².